The van der Waals surface area contributed by atoms with E-state index in [0.29, 0.717) is 11.1 Å². The van der Waals surface area contributed by atoms with Crippen molar-refractivity contribution in [1.29, 1.82) is 10.5 Å². The number of rotatable bonds is 19. The number of likely N-dealkylation sites (N-methyl/N-ethyl adjacent to an activating group) is 1. The molecule has 0 radical (unpaired) electrons. The van der Waals surface area contributed by atoms with Crippen LogP contribution in [0.3, 0.4) is 0 Å². The van der Waals surface area contributed by atoms with Gasteiger partial charge in [-0.2, -0.15) is 15.1 Å². The lowest BCUT2D eigenvalue weighted by molar-refractivity contribution is -0.433. The molecule has 3 heterocycles. The second-order valence-corrected chi connectivity index (χ2v) is 28.1. The van der Waals surface area contributed by atoms with Gasteiger partial charge in [0.2, 0.25) is 5.69 Å². The van der Waals surface area contributed by atoms with E-state index in [0.717, 1.165) is 95.8 Å². The first-order valence-corrected chi connectivity index (χ1v) is 33.9. The van der Waals surface area contributed by atoms with Crippen LogP contribution in [-0.2, 0) is 21.7 Å². The van der Waals surface area contributed by atoms with Crippen molar-refractivity contribution in [3.63, 3.8) is 0 Å². The Balaban J connectivity index is 0.830. The number of nitriles is 2. The highest BCUT2D eigenvalue weighted by atomic mass is 79.9. The molecule has 0 amide bonds. The maximum absolute atomic E-state index is 9.75. The van der Waals surface area contributed by atoms with E-state index in [-0.39, 0.29) is 21.7 Å². The molecule has 7 heteroatoms. The molecule has 3 aliphatic heterocycles. The summed E-state index contributed by atoms with van der Waals surface area (Å²) in [6, 6.07) is 44.3. The van der Waals surface area contributed by atoms with Crippen molar-refractivity contribution in [1.82, 2.24) is 0 Å². The molecule has 0 saturated heterocycles. The van der Waals surface area contributed by atoms with Gasteiger partial charge in [0.25, 0.3) is 0 Å². The summed E-state index contributed by atoms with van der Waals surface area (Å²) in [5.74, 6) is 0. The molecule has 0 aromatic heterocycles. The fraction of sp³-hybridized carbons (Fsp3) is 0.346. The minimum Gasteiger partial charge on any atom is -0.344 e. The summed E-state index contributed by atoms with van der Waals surface area (Å²) in [5.41, 5.74) is 21.3. The predicted octanol–water partition coefficient (Wildman–Crippen LogP) is 21.9. The fourth-order valence-electron chi connectivity index (χ4n) is 15.5. The first kappa shape index (κ1) is 62.3. The van der Waals surface area contributed by atoms with E-state index in [1.54, 1.807) is 0 Å². The molecule has 2 unspecified atom stereocenters. The molecule has 6 aromatic rings. The van der Waals surface area contributed by atoms with Gasteiger partial charge in [-0.1, -0.05) is 195 Å². The Morgan fingerprint density at radius 3 is 1.93 bits per heavy atom. The van der Waals surface area contributed by atoms with E-state index in [4.69, 9.17) is 6.58 Å². The van der Waals surface area contributed by atoms with Gasteiger partial charge >= 0.3 is 0 Å². The van der Waals surface area contributed by atoms with Crippen LogP contribution >= 0.6 is 31.9 Å². The monoisotopic (exact) mass is 1290 g/mol. The molecular formula is C81H86Br2N5+. The standard InChI is InChI=1S/C81H86Br2N5/c1-12-49-88-74(46-39-63-34-33-62(76(63)83)38-45-73-79(8,9)69-51-57(53-85)29-43-71(69)87(73)14-3)81(11,67-41-36-59-24-18-20-26-65(59)77(67)88)48-22-16-15-21-47-80(10,66-40-35-58-23-17-19-25-64(58)55(66)5)54(4)27-30-60-31-32-61(75(60)82)37-44-72-78(6,7)68-50-56(52-84)28-42-70(68)86(72)13-2/h17-20,23-30,35-46,50-51H,4,12-16,21-22,31-34,47-49H2,1-3,5-11H3/q+1. The topological polar surface area (TPSA) is 57.1 Å². The summed E-state index contributed by atoms with van der Waals surface area (Å²) < 4.78 is 4.79. The Kier molecular flexibility index (Phi) is 17.9. The van der Waals surface area contributed by atoms with Gasteiger partial charge in [-0.05, 0) is 195 Å². The van der Waals surface area contributed by atoms with Crippen LogP contribution in [0.25, 0.3) is 21.5 Å². The third-order valence-electron chi connectivity index (χ3n) is 20.6. The van der Waals surface area contributed by atoms with Crippen molar-refractivity contribution in [3.8, 4) is 12.1 Å². The summed E-state index contributed by atoms with van der Waals surface area (Å²) in [6.07, 6.45) is 30.4. The first-order valence-electron chi connectivity index (χ1n) is 32.3. The van der Waals surface area contributed by atoms with Crippen LogP contribution in [0, 0.1) is 29.6 Å². The van der Waals surface area contributed by atoms with Gasteiger partial charge in [0.05, 0.1) is 34.4 Å². The highest BCUT2D eigenvalue weighted by molar-refractivity contribution is 9.12. The quantitative estimate of drug-likeness (QED) is 0.0461. The molecule has 2 atom stereocenters. The van der Waals surface area contributed by atoms with Gasteiger partial charge in [-0.3, -0.25) is 0 Å². The Hall–Kier alpha value is -7.29. The number of fused-ring (bicyclic) bond motifs is 6. The van der Waals surface area contributed by atoms with Crippen molar-refractivity contribution in [2.24, 2.45) is 0 Å². The molecule has 0 bridgehead atoms. The molecule has 5 nitrogen and oxygen atoms in total. The Bertz CT molecular complexity index is 4210. The number of hydrogen-bond acceptors (Lipinski definition) is 4. The molecule has 0 N–H and O–H groups in total. The summed E-state index contributed by atoms with van der Waals surface area (Å²) in [5, 5.41) is 24.7. The summed E-state index contributed by atoms with van der Waals surface area (Å²) in [7, 11) is 0. The largest absolute Gasteiger partial charge is 0.344 e. The Labute approximate surface area is 542 Å². The molecule has 0 fully saturated rings. The van der Waals surface area contributed by atoms with Crippen LogP contribution in [0.1, 0.15) is 172 Å². The summed E-state index contributed by atoms with van der Waals surface area (Å²) in [6.45, 7) is 30.8. The molecule has 5 aliphatic rings. The highest BCUT2D eigenvalue weighted by Crippen LogP contribution is 2.55. The molecular weight excluding hydrogens is 1200 g/mol. The van der Waals surface area contributed by atoms with Crippen molar-refractivity contribution in [3.05, 3.63) is 252 Å². The van der Waals surface area contributed by atoms with Crippen LogP contribution in [0.2, 0.25) is 0 Å². The average molecular weight is 1290 g/mol. The molecule has 6 aromatic carbocycles. The second-order valence-electron chi connectivity index (χ2n) is 26.5. The number of anilines is 2. The van der Waals surface area contributed by atoms with Gasteiger partial charge < -0.3 is 9.80 Å². The molecule has 0 saturated carbocycles. The van der Waals surface area contributed by atoms with Crippen molar-refractivity contribution in [2.75, 3.05) is 29.4 Å². The molecule has 448 valence electrons. The number of unbranched alkanes of at least 4 members (excludes halogenated alkanes) is 3. The summed E-state index contributed by atoms with van der Waals surface area (Å²) >= 11 is 8.23. The Morgan fingerprint density at radius 2 is 1.26 bits per heavy atom. The maximum atomic E-state index is 9.75. The van der Waals surface area contributed by atoms with E-state index in [2.05, 4.69) is 273 Å². The van der Waals surface area contributed by atoms with E-state index in [9.17, 15) is 10.5 Å². The molecule has 88 heavy (non-hydrogen) atoms. The number of aryl methyl sites for hydroxylation is 1. The van der Waals surface area contributed by atoms with Gasteiger partial charge in [0, 0.05) is 78.5 Å². The van der Waals surface area contributed by atoms with Crippen LogP contribution in [-0.4, -0.2) is 29.9 Å². The van der Waals surface area contributed by atoms with Gasteiger partial charge in [-0.25, -0.2) is 0 Å². The maximum Gasteiger partial charge on any atom is 0.209 e. The average Bonchev–Trinajstić information content (AvgIpc) is 1.63. The minimum atomic E-state index is -0.270. The third kappa shape index (κ3) is 11.1. The lowest BCUT2D eigenvalue weighted by Gasteiger charge is -2.34. The number of nitrogens with zero attached hydrogens (tertiary/aromatic N) is 5. The lowest BCUT2D eigenvalue weighted by atomic mass is 9.70. The fourth-order valence-corrected chi connectivity index (χ4v) is 16.8. The van der Waals surface area contributed by atoms with E-state index >= 15 is 0 Å². The van der Waals surface area contributed by atoms with E-state index in [1.807, 2.05) is 12.1 Å². The number of hydrogen-bond donors (Lipinski definition) is 0. The van der Waals surface area contributed by atoms with Crippen LogP contribution in [0.5, 0.6) is 0 Å². The molecule has 11 rings (SSSR count). The predicted molar refractivity (Wildman–Crippen MR) is 380 cm³/mol. The second kappa shape index (κ2) is 25.3. The van der Waals surface area contributed by atoms with Crippen LogP contribution in [0.4, 0.5) is 17.1 Å². The number of allylic oxidation sites excluding steroid dienone is 17. The third-order valence-corrected chi connectivity index (χ3v) is 22.7. The highest BCUT2D eigenvalue weighted by Gasteiger charge is 2.46. The zero-order valence-corrected chi connectivity index (χ0v) is 56.8. The zero-order valence-electron chi connectivity index (χ0n) is 53.6. The lowest BCUT2D eigenvalue weighted by Crippen LogP contribution is -2.29. The SMILES string of the molecule is C=C(C=CC1=C(Br)C(=CC=C2N(CC)c3ccc(C#N)cc3C2(C)C)CC1)C(C)(CCCCCCC1(C)C(=CC=C2CCC(C=CC3=[N+](CC)c4ccc(C#N)cc4C3(C)C)=C2Br)N(CCC)c2c1ccc1ccccc21)c1ccc2ccccc2c1C. The van der Waals surface area contributed by atoms with Crippen LogP contribution < -0.4 is 9.80 Å². The Morgan fingerprint density at radius 1 is 0.648 bits per heavy atom. The van der Waals surface area contributed by atoms with E-state index < -0.39 is 0 Å². The van der Waals surface area contributed by atoms with Gasteiger partial charge in [0.15, 0.2) is 5.71 Å². The zero-order chi connectivity index (χ0) is 62.3. The van der Waals surface area contributed by atoms with Crippen molar-refractivity contribution < 1.29 is 4.58 Å². The van der Waals surface area contributed by atoms with E-state index in [1.165, 1.54) is 115 Å². The molecule has 0 spiro atoms. The number of benzene rings is 6. The molecule has 2 aliphatic carbocycles. The van der Waals surface area contributed by atoms with Crippen molar-refractivity contribution >= 4 is 76.2 Å². The van der Waals surface area contributed by atoms with Gasteiger partial charge in [-0.15, -0.1) is 0 Å². The van der Waals surface area contributed by atoms with Crippen LogP contribution in [0.15, 0.2) is 213 Å². The summed E-state index contributed by atoms with van der Waals surface area (Å²) in [4.78, 5) is 5.07. The van der Waals surface area contributed by atoms with Crippen molar-refractivity contribution in [2.45, 2.75) is 162 Å². The smallest absolute Gasteiger partial charge is 0.209 e. The number of halogens is 2. The first-order chi connectivity index (χ1) is 42.3. The van der Waals surface area contributed by atoms with Gasteiger partial charge in [0.1, 0.15) is 6.54 Å². The minimum absolute atomic E-state index is 0.166. The normalized spacial score (nSPS) is 21.2.